The lowest BCUT2D eigenvalue weighted by atomic mass is 10.1. The van der Waals surface area contributed by atoms with Crippen LogP contribution in [0, 0.1) is 0 Å². The summed E-state index contributed by atoms with van der Waals surface area (Å²) in [6, 6.07) is 0. The summed E-state index contributed by atoms with van der Waals surface area (Å²) in [6.07, 6.45) is 0.785. The number of hydrogen-bond acceptors (Lipinski definition) is 3. The number of methoxy groups -OCH3 is 1. The third-order valence-electron chi connectivity index (χ3n) is 2.07. The minimum atomic E-state index is -0.479. The van der Waals surface area contributed by atoms with Crippen molar-refractivity contribution in [2.75, 3.05) is 26.9 Å². The van der Waals surface area contributed by atoms with E-state index in [1.54, 1.807) is 7.11 Å². The molecule has 0 aromatic carbocycles. The first-order valence-electron chi connectivity index (χ1n) is 4.16. The molecule has 3 nitrogen and oxygen atoms in total. The van der Waals surface area contributed by atoms with Gasteiger partial charge in [-0.1, -0.05) is 15.9 Å². The van der Waals surface area contributed by atoms with Gasteiger partial charge < -0.3 is 14.2 Å². The summed E-state index contributed by atoms with van der Waals surface area (Å²) in [6.45, 7) is 3.98. The van der Waals surface area contributed by atoms with Crippen molar-refractivity contribution in [3.8, 4) is 0 Å². The van der Waals surface area contributed by atoms with Crippen molar-refractivity contribution in [3.63, 3.8) is 0 Å². The van der Waals surface area contributed by atoms with E-state index in [2.05, 4.69) is 15.9 Å². The fourth-order valence-electron chi connectivity index (χ4n) is 1.38. The quantitative estimate of drug-likeness (QED) is 0.552. The van der Waals surface area contributed by atoms with Crippen molar-refractivity contribution >= 4 is 15.9 Å². The first-order chi connectivity index (χ1) is 5.75. The number of halogens is 1. The molecule has 0 unspecified atom stereocenters. The van der Waals surface area contributed by atoms with Gasteiger partial charge >= 0.3 is 0 Å². The molecule has 0 N–H and O–H groups in total. The van der Waals surface area contributed by atoms with Gasteiger partial charge in [0.1, 0.15) is 0 Å². The molecular formula is C8H15BrO3. The number of rotatable bonds is 3. The molecule has 1 heterocycles. The van der Waals surface area contributed by atoms with E-state index in [9.17, 15) is 0 Å². The van der Waals surface area contributed by atoms with Crippen LogP contribution in [0.1, 0.15) is 13.3 Å². The summed E-state index contributed by atoms with van der Waals surface area (Å²) in [5, 5.41) is 0. The smallest absolute Gasteiger partial charge is 0.184 e. The van der Waals surface area contributed by atoms with Gasteiger partial charge in [0.05, 0.1) is 18.0 Å². The fraction of sp³-hybridized carbons (Fsp3) is 1.00. The Bertz CT molecular complexity index is 138. The molecule has 0 radical (unpaired) electrons. The lowest BCUT2D eigenvalue weighted by Gasteiger charge is -2.39. The van der Waals surface area contributed by atoms with Crippen molar-refractivity contribution in [3.05, 3.63) is 0 Å². The Morgan fingerprint density at radius 1 is 1.67 bits per heavy atom. The maximum absolute atomic E-state index is 5.58. The average molecular weight is 239 g/mol. The molecular weight excluding hydrogens is 224 g/mol. The summed E-state index contributed by atoms with van der Waals surface area (Å²) in [4.78, 5) is 0.128. The summed E-state index contributed by atoms with van der Waals surface area (Å²) >= 11 is 3.50. The third-order valence-corrected chi connectivity index (χ3v) is 3.03. The van der Waals surface area contributed by atoms with Crippen LogP contribution in [0.4, 0.5) is 0 Å². The second kappa shape index (κ2) is 4.56. The van der Waals surface area contributed by atoms with E-state index in [1.807, 2.05) is 6.92 Å². The topological polar surface area (TPSA) is 27.7 Å². The SMILES string of the molecule is CCO[C@@]1(OC)CCOC[C@@H]1Br. The van der Waals surface area contributed by atoms with Crippen LogP contribution in [-0.4, -0.2) is 37.5 Å². The van der Waals surface area contributed by atoms with Crippen molar-refractivity contribution in [2.45, 2.75) is 24.0 Å². The van der Waals surface area contributed by atoms with Gasteiger partial charge in [0.2, 0.25) is 0 Å². The Morgan fingerprint density at radius 2 is 2.42 bits per heavy atom. The molecule has 0 bridgehead atoms. The van der Waals surface area contributed by atoms with Crippen LogP contribution in [0.3, 0.4) is 0 Å². The molecule has 1 saturated heterocycles. The molecule has 0 aromatic heterocycles. The van der Waals surface area contributed by atoms with Crippen LogP contribution in [0.25, 0.3) is 0 Å². The van der Waals surface area contributed by atoms with Crippen LogP contribution >= 0.6 is 15.9 Å². The Morgan fingerprint density at radius 3 is 2.92 bits per heavy atom. The zero-order valence-corrected chi connectivity index (χ0v) is 9.09. The summed E-state index contributed by atoms with van der Waals surface area (Å²) in [7, 11) is 1.68. The molecule has 72 valence electrons. The molecule has 0 spiro atoms. The molecule has 2 atom stereocenters. The van der Waals surface area contributed by atoms with E-state index in [-0.39, 0.29) is 4.83 Å². The maximum Gasteiger partial charge on any atom is 0.184 e. The molecule has 0 aliphatic carbocycles. The van der Waals surface area contributed by atoms with E-state index in [0.717, 1.165) is 6.42 Å². The van der Waals surface area contributed by atoms with Gasteiger partial charge in [0.15, 0.2) is 5.79 Å². The highest BCUT2D eigenvalue weighted by atomic mass is 79.9. The lowest BCUT2D eigenvalue weighted by Crippen LogP contribution is -2.50. The first-order valence-corrected chi connectivity index (χ1v) is 5.07. The van der Waals surface area contributed by atoms with Gasteiger partial charge in [-0.3, -0.25) is 0 Å². The molecule has 1 rings (SSSR count). The molecule has 0 saturated carbocycles. The molecule has 0 aromatic rings. The summed E-state index contributed by atoms with van der Waals surface area (Å²) < 4.78 is 16.2. The van der Waals surface area contributed by atoms with Gasteiger partial charge in [-0.15, -0.1) is 0 Å². The van der Waals surface area contributed by atoms with Crippen LogP contribution < -0.4 is 0 Å². The Balaban J connectivity index is 2.60. The second-order valence-electron chi connectivity index (χ2n) is 2.74. The van der Waals surface area contributed by atoms with E-state index < -0.39 is 5.79 Å². The zero-order valence-electron chi connectivity index (χ0n) is 7.51. The zero-order chi connectivity index (χ0) is 9.03. The first kappa shape index (κ1) is 10.4. The summed E-state index contributed by atoms with van der Waals surface area (Å²) in [5.41, 5.74) is 0. The third kappa shape index (κ3) is 1.99. The Kier molecular flexibility index (Phi) is 3.96. The predicted octanol–water partition coefficient (Wildman–Crippen LogP) is 1.55. The van der Waals surface area contributed by atoms with Gasteiger partial charge in [-0.2, -0.15) is 0 Å². The largest absolute Gasteiger partial charge is 0.380 e. The number of ether oxygens (including phenoxy) is 3. The van der Waals surface area contributed by atoms with Crippen LogP contribution in [0.5, 0.6) is 0 Å². The van der Waals surface area contributed by atoms with Crippen LogP contribution in [0.2, 0.25) is 0 Å². The number of alkyl halides is 1. The fourth-order valence-corrected chi connectivity index (χ4v) is 2.12. The molecule has 0 amide bonds. The second-order valence-corrected chi connectivity index (χ2v) is 3.85. The molecule has 1 aliphatic heterocycles. The highest BCUT2D eigenvalue weighted by Gasteiger charge is 2.41. The van der Waals surface area contributed by atoms with Gasteiger partial charge in [-0.25, -0.2) is 0 Å². The highest BCUT2D eigenvalue weighted by Crippen LogP contribution is 2.31. The lowest BCUT2D eigenvalue weighted by molar-refractivity contribution is -0.247. The minimum Gasteiger partial charge on any atom is -0.380 e. The maximum atomic E-state index is 5.58. The van der Waals surface area contributed by atoms with Crippen molar-refractivity contribution in [2.24, 2.45) is 0 Å². The van der Waals surface area contributed by atoms with Gasteiger partial charge in [-0.05, 0) is 6.92 Å². The highest BCUT2D eigenvalue weighted by molar-refractivity contribution is 9.09. The molecule has 1 fully saturated rings. The van der Waals surface area contributed by atoms with Crippen LogP contribution in [0.15, 0.2) is 0 Å². The van der Waals surface area contributed by atoms with Crippen molar-refractivity contribution in [1.82, 2.24) is 0 Å². The monoisotopic (exact) mass is 238 g/mol. The predicted molar refractivity (Wildman–Crippen MR) is 49.5 cm³/mol. The summed E-state index contributed by atoms with van der Waals surface area (Å²) in [5.74, 6) is -0.479. The molecule has 1 aliphatic rings. The Labute approximate surface area is 81.5 Å². The van der Waals surface area contributed by atoms with E-state index >= 15 is 0 Å². The van der Waals surface area contributed by atoms with Crippen LogP contribution in [-0.2, 0) is 14.2 Å². The van der Waals surface area contributed by atoms with Gasteiger partial charge in [0, 0.05) is 20.1 Å². The van der Waals surface area contributed by atoms with E-state index in [4.69, 9.17) is 14.2 Å². The molecule has 4 heteroatoms. The normalized spacial score (nSPS) is 36.8. The van der Waals surface area contributed by atoms with Crippen molar-refractivity contribution < 1.29 is 14.2 Å². The van der Waals surface area contributed by atoms with E-state index in [1.165, 1.54) is 0 Å². The average Bonchev–Trinajstić information content (AvgIpc) is 2.10. The minimum absolute atomic E-state index is 0.128. The van der Waals surface area contributed by atoms with Crippen molar-refractivity contribution in [1.29, 1.82) is 0 Å². The van der Waals surface area contributed by atoms with Gasteiger partial charge in [0.25, 0.3) is 0 Å². The van der Waals surface area contributed by atoms with E-state index in [0.29, 0.717) is 19.8 Å². The standard InChI is InChI=1S/C8H15BrO3/c1-3-12-8(10-2)4-5-11-6-7(8)9/h7H,3-6H2,1-2H3/t7-,8-/m0/s1. The molecule has 12 heavy (non-hydrogen) atoms. The Hall–Kier alpha value is 0.360. The number of hydrogen-bond donors (Lipinski definition) is 0.